The minimum atomic E-state index is -4.66. The van der Waals surface area contributed by atoms with Gasteiger partial charge in [-0.2, -0.15) is 9.65 Å². The molecule has 1 aromatic carbocycles. The van der Waals surface area contributed by atoms with Crippen LogP contribution in [0.25, 0.3) is 0 Å². The van der Waals surface area contributed by atoms with E-state index in [2.05, 4.69) is 16.9 Å². The number of benzene rings is 1. The zero-order valence-corrected chi connectivity index (χ0v) is 18.0. The van der Waals surface area contributed by atoms with Gasteiger partial charge in [-0.05, 0) is 98.8 Å². The van der Waals surface area contributed by atoms with E-state index < -0.39 is 12.2 Å². The van der Waals surface area contributed by atoms with Gasteiger partial charge in [0.25, 0.3) is 0 Å². The largest absolute Gasteiger partial charge is 0.573 e. The second-order valence-electron chi connectivity index (χ2n) is 8.80. The number of alkyl halides is 3. The molecule has 0 bridgehead atoms. The molecule has 3 rings (SSSR count). The average molecular weight is 448 g/mol. The van der Waals surface area contributed by atoms with Gasteiger partial charge in [0.05, 0.1) is 0 Å². The van der Waals surface area contributed by atoms with Crippen molar-refractivity contribution in [1.29, 1.82) is 5.26 Å². The van der Waals surface area contributed by atoms with Crippen LogP contribution in [0.5, 0.6) is 5.75 Å². The number of nitriles is 1. The normalized spacial score (nSPS) is 27.5. The molecule has 2 fully saturated rings. The Labute approximate surface area is 187 Å². The zero-order valence-electron chi connectivity index (χ0n) is 18.0. The Morgan fingerprint density at radius 2 is 1.34 bits per heavy atom. The molecule has 0 saturated heterocycles. The molecule has 2 nitrogen and oxygen atoms in total. The molecule has 0 N–H and O–H groups in total. The van der Waals surface area contributed by atoms with Crippen molar-refractivity contribution in [2.24, 2.45) is 17.8 Å². The van der Waals surface area contributed by atoms with Gasteiger partial charge in [0.1, 0.15) is 11.8 Å². The highest BCUT2D eigenvalue weighted by molar-refractivity contribution is 5.30. The van der Waals surface area contributed by atoms with E-state index >= 15 is 0 Å². The molecule has 2 aliphatic rings. The van der Waals surface area contributed by atoms with Crippen molar-refractivity contribution in [2.45, 2.75) is 63.6 Å². The standard InChI is InChI=1S/C26H29F4NO/c27-24(18-31)3-1-2-19-4-6-20(7-5-19)8-9-21-10-12-22(13-11-21)23-14-16-25(17-15-23)32-26(28,29)30/h1-3,8-9,14-17,19-22H,4-7,10-13H2/b2-1?,9-8+,24-3?. The Morgan fingerprint density at radius 1 is 0.844 bits per heavy atom. The smallest absolute Gasteiger partial charge is 0.406 e. The van der Waals surface area contributed by atoms with Crippen LogP contribution in [0.3, 0.4) is 0 Å². The average Bonchev–Trinajstić information content (AvgIpc) is 2.78. The molecule has 0 unspecified atom stereocenters. The fourth-order valence-corrected chi connectivity index (χ4v) is 4.77. The van der Waals surface area contributed by atoms with Gasteiger partial charge in [-0.15, -0.1) is 13.2 Å². The van der Waals surface area contributed by atoms with Crippen LogP contribution in [0.4, 0.5) is 17.6 Å². The summed E-state index contributed by atoms with van der Waals surface area (Å²) in [6, 6.07) is 7.77. The van der Waals surface area contributed by atoms with Crippen molar-refractivity contribution in [2.75, 3.05) is 0 Å². The fourth-order valence-electron chi connectivity index (χ4n) is 4.77. The van der Waals surface area contributed by atoms with Crippen LogP contribution in [0.15, 0.2) is 60.5 Å². The lowest BCUT2D eigenvalue weighted by Gasteiger charge is -2.28. The summed E-state index contributed by atoms with van der Waals surface area (Å²) in [5.41, 5.74) is 1.08. The summed E-state index contributed by atoms with van der Waals surface area (Å²) in [5.74, 6) is 1.06. The molecular formula is C26H29F4NO. The third kappa shape index (κ3) is 7.85. The molecule has 0 radical (unpaired) electrons. The lowest BCUT2D eigenvalue weighted by atomic mass is 9.77. The number of halogens is 4. The third-order valence-electron chi connectivity index (χ3n) is 6.56. The number of nitrogens with zero attached hydrogens (tertiary/aromatic N) is 1. The first-order valence-electron chi connectivity index (χ1n) is 11.3. The van der Waals surface area contributed by atoms with E-state index in [9.17, 15) is 17.6 Å². The van der Waals surface area contributed by atoms with E-state index in [-0.39, 0.29) is 5.75 Å². The van der Waals surface area contributed by atoms with Crippen LogP contribution < -0.4 is 4.74 Å². The topological polar surface area (TPSA) is 33.0 Å². The molecule has 2 aliphatic carbocycles. The number of ether oxygens (including phenoxy) is 1. The third-order valence-corrected chi connectivity index (χ3v) is 6.56. The first-order chi connectivity index (χ1) is 15.3. The molecule has 0 spiro atoms. The van der Waals surface area contributed by atoms with Gasteiger partial charge in [0, 0.05) is 0 Å². The number of hydrogen-bond donors (Lipinski definition) is 0. The Morgan fingerprint density at radius 3 is 1.84 bits per heavy atom. The maximum absolute atomic E-state index is 12.8. The van der Waals surface area contributed by atoms with Gasteiger partial charge < -0.3 is 4.74 Å². The molecule has 0 amide bonds. The molecule has 6 heteroatoms. The van der Waals surface area contributed by atoms with Crippen LogP contribution in [-0.2, 0) is 0 Å². The van der Waals surface area contributed by atoms with Crippen molar-refractivity contribution in [3.8, 4) is 11.8 Å². The van der Waals surface area contributed by atoms with Crippen LogP contribution in [0, 0.1) is 29.1 Å². The van der Waals surface area contributed by atoms with Crippen molar-refractivity contribution in [1.82, 2.24) is 0 Å². The Bertz CT molecular complexity index is 847. The van der Waals surface area contributed by atoms with Crippen molar-refractivity contribution in [3.63, 3.8) is 0 Å². The zero-order chi connectivity index (χ0) is 23.0. The van der Waals surface area contributed by atoms with Gasteiger partial charge >= 0.3 is 6.36 Å². The minimum Gasteiger partial charge on any atom is -0.406 e. The highest BCUT2D eigenvalue weighted by Crippen LogP contribution is 2.38. The van der Waals surface area contributed by atoms with Crippen LogP contribution in [0.2, 0.25) is 0 Å². The summed E-state index contributed by atoms with van der Waals surface area (Å²) in [7, 11) is 0. The predicted molar refractivity (Wildman–Crippen MR) is 116 cm³/mol. The van der Waals surface area contributed by atoms with E-state index in [1.165, 1.54) is 24.3 Å². The molecular weight excluding hydrogens is 418 g/mol. The second-order valence-corrected chi connectivity index (χ2v) is 8.80. The van der Waals surface area contributed by atoms with Crippen molar-refractivity contribution >= 4 is 0 Å². The first kappa shape index (κ1) is 24.1. The minimum absolute atomic E-state index is 0.172. The predicted octanol–water partition coefficient (Wildman–Crippen LogP) is 8.15. The summed E-state index contributed by atoms with van der Waals surface area (Å²) >= 11 is 0. The highest BCUT2D eigenvalue weighted by atomic mass is 19.4. The lowest BCUT2D eigenvalue weighted by Crippen LogP contribution is -2.17. The van der Waals surface area contributed by atoms with E-state index in [1.807, 2.05) is 6.08 Å². The van der Waals surface area contributed by atoms with E-state index in [1.54, 1.807) is 18.2 Å². The summed E-state index contributed by atoms with van der Waals surface area (Å²) < 4.78 is 53.7. The van der Waals surface area contributed by atoms with Gasteiger partial charge in [-0.3, -0.25) is 0 Å². The number of allylic oxidation sites excluding steroid dienone is 6. The summed E-state index contributed by atoms with van der Waals surface area (Å²) in [4.78, 5) is 0. The molecule has 0 aromatic heterocycles. The fraction of sp³-hybridized carbons (Fsp3) is 0.500. The highest BCUT2D eigenvalue weighted by Gasteiger charge is 2.31. The monoisotopic (exact) mass is 447 g/mol. The van der Waals surface area contributed by atoms with E-state index in [0.717, 1.165) is 56.9 Å². The molecule has 2 saturated carbocycles. The van der Waals surface area contributed by atoms with Gasteiger partial charge in [-0.25, -0.2) is 0 Å². The first-order valence-corrected chi connectivity index (χ1v) is 11.3. The SMILES string of the molecule is N#CC(F)=CC=CC1CCC(/C=C/C2CCC(c3ccc(OC(F)(F)F)cc3)CC2)CC1. The van der Waals surface area contributed by atoms with Crippen LogP contribution in [0.1, 0.15) is 62.8 Å². The molecule has 32 heavy (non-hydrogen) atoms. The van der Waals surface area contributed by atoms with E-state index in [0.29, 0.717) is 23.7 Å². The molecule has 0 heterocycles. The maximum atomic E-state index is 12.8. The quantitative estimate of drug-likeness (QED) is 0.191. The van der Waals surface area contributed by atoms with Crippen molar-refractivity contribution < 1.29 is 22.3 Å². The number of rotatable bonds is 6. The van der Waals surface area contributed by atoms with Crippen LogP contribution in [-0.4, -0.2) is 6.36 Å². The van der Waals surface area contributed by atoms with E-state index in [4.69, 9.17) is 5.26 Å². The molecule has 0 aliphatic heterocycles. The summed E-state index contributed by atoms with van der Waals surface area (Å²) in [6.45, 7) is 0. The van der Waals surface area contributed by atoms with Gasteiger partial charge in [-0.1, -0.05) is 36.4 Å². The summed E-state index contributed by atoms with van der Waals surface area (Å²) in [5, 5.41) is 8.42. The van der Waals surface area contributed by atoms with Crippen molar-refractivity contribution in [3.05, 3.63) is 66.0 Å². The second kappa shape index (κ2) is 11.4. The lowest BCUT2D eigenvalue weighted by molar-refractivity contribution is -0.274. The molecule has 1 aromatic rings. The van der Waals surface area contributed by atoms with Crippen LogP contribution >= 0.6 is 0 Å². The Hall–Kier alpha value is -2.55. The molecule has 0 atom stereocenters. The maximum Gasteiger partial charge on any atom is 0.573 e. The number of hydrogen-bond acceptors (Lipinski definition) is 2. The Balaban J connectivity index is 1.39. The van der Waals surface area contributed by atoms with Gasteiger partial charge in [0.2, 0.25) is 0 Å². The Kier molecular flexibility index (Phi) is 8.55. The summed E-state index contributed by atoms with van der Waals surface area (Å²) in [6.07, 6.45) is 13.6. The van der Waals surface area contributed by atoms with Gasteiger partial charge in [0.15, 0.2) is 5.83 Å². The molecule has 172 valence electrons.